The zero-order chi connectivity index (χ0) is 49.5. The molecule has 4 aliphatic heterocycles. The third-order valence-electron chi connectivity index (χ3n) is 14.6. The Balaban J connectivity index is 0.00000289. The highest BCUT2D eigenvalue weighted by atomic mass is 32.1. The molecule has 16 nitrogen and oxygen atoms in total. The summed E-state index contributed by atoms with van der Waals surface area (Å²) in [6, 6.07) is 7.43. The Morgan fingerprint density at radius 1 is 1.04 bits per heavy atom. The number of aromatic nitrogens is 3. The number of hydrogen-bond donors (Lipinski definition) is 2. The van der Waals surface area contributed by atoms with E-state index in [1.165, 1.54) is 21.2 Å². The number of carbonyl (C=O) groups is 5. The van der Waals surface area contributed by atoms with Crippen molar-refractivity contribution in [1.29, 1.82) is 0 Å². The second-order valence-electron chi connectivity index (χ2n) is 20.8. The smallest absolute Gasteiger partial charge is 0.324 e. The number of hydrazine groups is 1. The summed E-state index contributed by atoms with van der Waals surface area (Å²) in [5.41, 5.74) is 9.82. The molecule has 0 aliphatic carbocycles. The number of urea groups is 1. The number of likely N-dealkylation sites (tertiary alicyclic amines) is 2. The van der Waals surface area contributed by atoms with E-state index in [2.05, 4.69) is 66.9 Å². The predicted octanol–water partition coefficient (Wildman–Crippen LogP) is 7.23. The number of likely N-dealkylation sites (N-methyl/N-ethyl adjacent to an activating group) is 1. The van der Waals surface area contributed by atoms with Gasteiger partial charge in [-0.25, -0.2) is 15.2 Å². The fraction of sp³-hybridized carbons (Fsp3) is 0.558. The minimum absolute atomic E-state index is 0. The summed E-state index contributed by atoms with van der Waals surface area (Å²) in [4.78, 5) is 84.8. The van der Waals surface area contributed by atoms with Crippen LogP contribution in [0.25, 0.3) is 33.4 Å². The number of carbonyl (C=O) groups excluding carboxylic acids is 5. The first-order valence-electron chi connectivity index (χ1n) is 24.4. The Kier molecular flexibility index (Phi) is 21.0. The second kappa shape index (κ2) is 25.1. The topological polar surface area (TPSA) is 172 Å². The van der Waals surface area contributed by atoms with Crippen LogP contribution in [0.15, 0.2) is 54.1 Å². The maximum atomic E-state index is 14.7. The summed E-state index contributed by atoms with van der Waals surface area (Å²) in [6.45, 7) is 21.1. The van der Waals surface area contributed by atoms with Gasteiger partial charge in [-0.1, -0.05) is 40.3 Å². The van der Waals surface area contributed by atoms with Crippen LogP contribution in [0.3, 0.4) is 0 Å². The Morgan fingerprint density at radius 2 is 1.74 bits per heavy atom. The molecule has 4 aromatic rings. The minimum Gasteiger partial charge on any atom is -0.464 e. The summed E-state index contributed by atoms with van der Waals surface area (Å²) >= 11 is 1.42. The zero-order valence-corrected chi connectivity index (χ0v) is 48.5. The molecule has 1 aromatic carbocycles. The van der Waals surface area contributed by atoms with Gasteiger partial charge in [0.15, 0.2) is 0 Å². The standard InChI is InChI=1S/C52H69N9O7S.4H2S/c1-11-60-41-17-16-34-24-36(41)37(45(60)35-14-12-20-53-43(35)33(6)67-10)26-51(7,8)30-68-49(65)38-15-13-21-61(56-38)48(64)39(25-42-54-40(34)27-69-42)55-46(62)44(31(2)3)57(9)50(66)58-22-18-52(19-23-58)28-59(29-52)47(63)32(4)5;;;;/h12,14,16-17,20,24,27,31,33,38-39,44,56H,4,11,13,15,18-19,21-23,25-26,28-30H2,1-3,5-10H3,(H,55,62);4*1H2/t33-,38-,39-,44-;;;;/m0..../s1. The van der Waals surface area contributed by atoms with Gasteiger partial charge >= 0.3 is 12.0 Å². The van der Waals surface area contributed by atoms with E-state index in [-0.39, 0.29) is 96.4 Å². The van der Waals surface area contributed by atoms with Gasteiger partial charge in [-0.05, 0) is 88.6 Å². The van der Waals surface area contributed by atoms with Gasteiger partial charge in [0.1, 0.15) is 18.1 Å². The van der Waals surface area contributed by atoms with Crippen LogP contribution in [-0.2, 0) is 48.0 Å². The Labute approximate surface area is 462 Å². The number of cyclic esters (lactones) is 1. The summed E-state index contributed by atoms with van der Waals surface area (Å²) < 4.78 is 14.3. The number of amides is 5. The fourth-order valence-corrected chi connectivity index (χ4v) is 11.6. The summed E-state index contributed by atoms with van der Waals surface area (Å²) in [5, 5.41) is 8.18. The second-order valence-corrected chi connectivity index (χ2v) is 21.7. The number of piperidine rings is 1. The van der Waals surface area contributed by atoms with Crippen molar-refractivity contribution < 1.29 is 33.4 Å². The van der Waals surface area contributed by atoms with Crippen LogP contribution < -0.4 is 10.7 Å². The number of pyridine rings is 1. The van der Waals surface area contributed by atoms with Gasteiger partial charge in [0.25, 0.3) is 5.91 Å². The zero-order valence-electron chi connectivity index (χ0n) is 43.7. The third-order valence-corrected chi connectivity index (χ3v) is 15.4. The number of hydrogen-bond acceptors (Lipinski definition) is 11. The monoisotopic (exact) mass is 1100 g/mol. The van der Waals surface area contributed by atoms with Crippen molar-refractivity contribution in [3.05, 3.63) is 70.3 Å². The lowest BCUT2D eigenvalue weighted by Crippen LogP contribution is -2.64. The molecule has 0 unspecified atom stereocenters. The molecule has 6 bridgehead atoms. The highest BCUT2D eigenvalue weighted by Crippen LogP contribution is 2.43. The van der Waals surface area contributed by atoms with E-state index < -0.39 is 41.3 Å². The van der Waals surface area contributed by atoms with Gasteiger partial charge in [-0.2, -0.15) is 54.0 Å². The molecule has 3 aromatic heterocycles. The van der Waals surface area contributed by atoms with E-state index in [0.717, 1.165) is 57.5 Å². The van der Waals surface area contributed by atoms with Crippen LogP contribution in [0.5, 0.6) is 0 Å². The number of thiazole rings is 1. The van der Waals surface area contributed by atoms with Crippen LogP contribution in [0.4, 0.5) is 4.79 Å². The molecular weight excluding hydrogens is 1020 g/mol. The average Bonchev–Trinajstić information content (AvgIpc) is 3.92. The van der Waals surface area contributed by atoms with Gasteiger partial charge in [-0.15, -0.1) is 11.3 Å². The molecule has 402 valence electrons. The molecular formula is C52H77N9O7S5. The van der Waals surface area contributed by atoms with E-state index in [1.807, 2.05) is 37.1 Å². The van der Waals surface area contributed by atoms with Gasteiger partial charge in [0.05, 0.1) is 34.8 Å². The number of benzene rings is 1. The van der Waals surface area contributed by atoms with Crippen molar-refractivity contribution in [2.24, 2.45) is 16.7 Å². The van der Waals surface area contributed by atoms with E-state index in [1.54, 1.807) is 32.2 Å². The molecule has 1 spiro atoms. The normalized spacial score (nSPS) is 20.2. The molecule has 4 atom stereocenters. The molecule has 0 saturated carbocycles. The SMILES string of the molecule is C=C(C)C(=O)N1CC2(CCN(C(=O)N(C)[C@H](C(=O)N[C@H]3Cc4nc(cs4)-c4ccc5c(c4)c(c(-c4cccnc4[C@H](C)OC)n5CC)CC(C)(C)COC(=O)[C@@H]4CCCN(N4)C3=O)C(C)C)CC2)C1.S.S.S.S. The molecule has 4 aliphatic rings. The van der Waals surface area contributed by atoms with Gasteiger partial charge in [-0.3, -0.25) is 29.2 Å². The highest BCUT2D eigenvalue weighted by Gasteiger charge is 2.48. The number of aryl methyl sites for hydroxylation is 1. The lowest BCUT2D eigenvalue weighted by Gasteiger charge is -2.54. The lowest BCUT2D eigenvalue weighted by molar-refractivity contribution is -0.155. The molecule has 5 amide bonds. The summed E-state index contributed by atoms with van der Waals surface area (Å²) in [7, 11) is 3.33. The number of nitrogens with zero attached hydrogens (tertiary/aromatic N) is 7. The van der Waals surface area contributed by atoms with Gasteiger partial charge in [0.2, 0.25) is 11.8 Å². The van der Waals surface area contributed by atoms with Gasteiger partial charge < -0.3 is 34.1 Å². The Hall–Kier alpha value is -4.25. The molecule has 7 heterocycles. The van der Waals surface area contributed by atoms with E-state index in [0.29, 0.717) is 69.1 Å². The van der Waals surface area contributed by atoms with Crippen molar-refractivity contribution in [2.75, 3.05) is 53.5 Å². The quantitative estimate of drug-likeness (QED) is 0.129. The largest absolute Gasteiger partial charge is 0.464 e. The maximum absolute atomic E-state index is 14.7. The molecule has 3 fully saturated rings. The number of nitrogens with one attached hydrogen (secondary N) is 2. The molecule has 73 heavy (non-hydrogen) atoms. The van der Waals surface area contributed by atoms with Crippen molar-refractivity contribution in [3.63, 3.8) is 0 Å². The number of esters is 1. The number of ether oxygens (including phenoxy) is 2. The number of rotatable bonds is 9. The first kappa shape index (κ1) is 61.3. The van der Waals surface area contributed by atoms with Crippen molar-refractivity contribution >= 4 is 106 Å². The molecule has 8 rings (SSSR count). The fourth-order valence-electron chi connectivity index (χ4n) is 10.8. The third kappa shape index (κ3) is 12.7. The minimum atomic E-state index is -1.07. The van der Waals surface area contributed by atoms with Crippen LogP contribution in [0, 0.1) is 16.7 Å². The maximum Gasteiger partial charge on any atom is 0.324 e. The van der Waals surface area contributed by atoms with Crippen LogP contribution >= 0.6 is 65.3 Å². The Morgan fingerprint density at radius 3 is 2.38 bits per heavy atom. The average molecular weight is 1100 g/mol. The first-order valence-corrected chi connectivity index (χ1v) is 25.3. The number of methoxy groups -OCH3 is 1. The van der Waals surface area contributed by atoms with Crippen LogP contribution in [-0.4, -0.2) is 136 Å². The van der Waals surface area contributed by atoms with Crippen LogP contribution in [0.1, 0.15) is 96.5 Å². The highest BCUT2D eigenvalue weighted by molar-refractivity contribution is 7.59. The van der Waals surface area contributed by atoms with E-state index in [9.17, 15) is 24.0 Å². The first-order chi connectivity index (χ1) is 32.8. The number of fused-ring (bicyclic) bond motifs is 6. The lowest BCUT2D eigenvalue weighted by atomic mass is 9.72. The van der Waals surface area contributed by atoms with Gasteiger partial charge in [0, 0.05) is 110 Å². The van der Waals surface area contributed by atoms with Crippen molar-refractivity contribution in [3.8, 4) is 22.5 Å². The predicted molar refractivity (Wildman–Crippen MR) is 307 cm³/mol. The van der Waals surface area contributed by atoms with E-state index >= 15 is 0 Å². The molecule has 3 saturated heterocycles. The van der Waals surface area contributed by atoms with Crippen molar-refractivity contribution in [1.82, 2.24) is 45.0 Å². The molecule has 0 radical (unpaired) electrons. The molecule has 21 heteroatoms. The van der Waals surface area contributed by atoms with Crippen molar-refractivity contribution in [2.45, 2.75) is 118 Å². The Bertz CT molecular complexity index is 2640. The summed E-state index contributed by atoms with van der Waals surface area (Å²) in [5.74, 6) is -1.64. The van der Waals surface area contributed by atoms with E-state index in [4.69, 9.17) is 19.4 Å². The molecule has 2 N–H and O–H groups in total. The van der Waals surface area contributed by atoms with Crippen LogP contribution in [0.2, 0.25) is 0 Å². The summed E-state index contributed by atoms with van der Waals surface area (Å²) in [6.07, 6.45) is 4.74.